The molecule has 2 aromatic rings. The summed E-state index contributed by atoms with van der Waals surface area (Å²) in [6, 6.07) is 1.88. The Morgan fingerprint density at radius 3 is 3.21 bits per heavy atom. The second-order valence-electron chi connectivity index (χ2n) is 5.04. The van der Waals surface area contributed by atoms with Crippen molar-refractivity contribution in [2.75, 3.05) is 16.8 Å². The van der Waals surface area contributed by atoms with E-state index in [0.29, 0.717) is 0 Å². The highest BCUT2D eigenvalue weighted by atomic mass is 32.1. The molecule has 98 valence electrons. The van der Waals surface area contributed by atoms with E-state index < -0.39 is 0 Å². The van der Waals surface area contributed by atoms with Crippen molar-refractivity contribution in [3.05, 3.63) is 27.6 Å². The molecule has 6 heteroatoms. The van der Waals surface area contributed by atoms with E-state index in [-0.39, 0.29) is 11.9 Å². The molecule has 2 aromatic heterocycles. The van der Waals surface area contributed by atoms with Gasteiger partial charge in [0.25, 0.3) is 5.91 Å². The smallest absolute Gasteiger partial charge is 0.251 e. The highest BCUT2D eigenvalue weighted by Crippen LogP contribution is 2.43. The number of nitrogens with zero attached hydrogens (tertiary/aromatic N) is 3. The lowest BCUT2D eigenvalue weighted by Gasteiger charge is -2.39. The number of carbonyl (C=O) groups excluding carboxylic acids is 1. The predicted molar refractivity (Wildman–Crippen MR) is 74.7 cm³/mol. The minimum absolute atomic E-state index is 0.0583. The molecule has 4 rings (SSSR count). The summed E-state index contributed by atoms with van der Waals surface area (Å²) in [7, 11) is 1.93. The van der Waals surface area contributed by atoms with Crippen LogP contribution in [0, 0.1) is 6.92 Å². The van der Waals surface area contributed by atoms with Gasteiger partial charge < -0.3 is 10.2 Å². The van der Waals surface area contributed by atoms with Crippen LogP contribution in [-0.2, 0) is 18.3 Å². The second kappa shape index (κ2) is 3.60. The number of amides is 1. The van der Waals surface area contributed by atoms with E-state index in [4.69, 9.17) is 0 Å². The zero-order valence-electron chi connectivity index (χ0n) is 10.8. The number of fused-ring (bicyclic) bond motifs is 5. The molecule has 0 aromatic carbocycles. The maximum absolute atomic E-state index is 12.4. The molecule has 0 radical (unpaired) electrons. The molecule has 0 saturated heterocycles. The Kier molecular flexibility index (Phi) is 2.09. The minimum atomic E-state index is -0.197. The number of carbonyl (C=O) groups is 1. The van der Waals surface area contributed by atoms with Crippen LogP contribution in [0.15, 0.2) is 11.4 Å². The summed E-state index contributed by atoms with van der Waals surface area (Å²) in [5.41, 5.74) is 2.89. The third kappa shape index (κ3) is 1.35. The van der Waals surface area contributed by atoms with Gasteiger partial charge in [0.15, 0.2) is 5.82 Å². The van der Waals surface area contributed by atoms with E-state index in [2.05, 4.69) is 26.8 Å². The van der Waals surface area contributed by atoms with Gasteiger partial charge in [0, 0.05) is 18.5 Å². The first-order chi connectivity index (χ1) is 9.16. The molecule has 1 atom stereocenters. The molecule has 1 amide bonds. The van der Waals surface area contributed by atoms with Gasteiger partial charge in [-0.1, -0.05) is 0 Å². The van der Waals surface area contributed by atoms with E-state index in [0.717, 1.165) is 35.7 Å². The van der Waals surface area contributed by atoms with Crippen LogP contribution >= 0.6 is 11.3 Å². The topological polar surface area (TPSA) is 50.2 Å². The summed E-state index contributed by atoms with van der Waals surface area (Å²) in [6.45, 7) is 2.80. The summed E-state index contributed by atoms with van der Waals surface area (Å²) >= 11 is 1.74. The molecule has 0 aliphatic carbocycles. The van der Waals surface area contributed by atoms with Gasteiger partial charge in [-0.25, -0.2) is 0 Å². The maximum Gasteiger partial charge on any atom is 0.251 e. The van der Waals surface area contributed by atoms with Crippen molar-refractivity contribution >= 4 is 28.7 Å². The Hall–Kier alpha value is -1.82. The molecule has 19 heavy (non-hydrogen) atoms. The van der Waals surface area contributed by atoms with Crippen LogP contribution in [0.1, 0.15) is 22.2 Å². The van der Waals surface area contributed by atoms with E-state index in [9.17, 15) is 4.79 Å². The van der Waals surface area contributed by atoms with E-state index in [1.165, 1.54) is 4.88 Å². The van der Waals surface area contributed by atoms with Gasteiger partial charge in [0.1, 0.15) is 11.7 Å². The number of aryl methyl sites for hydroxylation is 2. The van der Waals surface area contributed by atoms with Crippen LogP contribution in [-0.4, -0.2) is 22.2 Å². The number of aromatic nitrogens is 2. The summed E-state index contributed by atoms with van der Waals surface area (Å²) in [6.07, 6.45) is 1.00. The third-order valence-corrected chi connectivity index (χ3v) is 4.92. The fourth-order valence-electron chi connectivity index (χ4n) is 3.14. The van der Waals surface area contributed by atoms with Crippen molar-refractivity contribution in [3.8, 4) is 0 Å². The Balaban J connectivity index is 1.92. The Morgan fingerprint density at radius 2 is 2.37 bits per heavy atom. The molecule has 4 heterocycles. The molecule has 0 saturated carbocycles. The SMILES string of the molecule is Cc1nn(C)c2c1NC(=O)C1c3ccsc3CCN21. The summed E-state index contributed by atoms with van der Waals surface area (Å²) in [5.74, 6) is 1.09. The van der Waals surface area contributed by atoms with Gasteiger partial charge in [0.2, 0.25) is 0 Å². The molecule has 5 nitrogen and oxygen atoms in total. The third-order valence-electron chi connectivity index (χ3n) is 3.93. The number of hydrogen-bond donors (Lipinski definition) is 1. The van der Waals surface area contributed by atoms with Crippen molar-refractivity contribution < 1.29 is 4.79 Å². The van der Waals surface area contributed by atoms with Gasteiger partial charge in [-0.05, 0) is 30.4 Å². The summed E-state index contributed by atoms with van der Waals surface area (Å²) < 4.78 is 1.87. The first kappa shape index (κ1) is 11.0. The molecular formula is C13H14N4OS. The van der Waals surface area contributed by atoms with Crippen LogP contribution in [0.2, 0.25) is 0 Å². The number of nitrogens with one attached hydrogen (secondary N) is 1. The molecular weight excluding hydrogens is 260 g/mol. The minimum Gasteiger partial charge on any atom is -0.339 e. The second-order valence-corrected chi connectivity index (χ2v) is 6.04. The first-order valence-electron chi connectivity index (χ1n) is 6.34. The predicted octanol–water partition coefficient (Wildman–Crippen LogP) is 1.85. The van der Waals surface area contributed by atoms with Gasteiger partial charge >= 0.3 is 0 Å². The van der Waals surface area contributed by atoms with Gasteiger partial charge in [-0.3, -0.25) is 9.48 Å². The van der Waals surface area contributed by atoms with Crippen molar-refractivity contribution in [2.24, 2.45) is 7.05 Å². The average molecular weight is 274 g/mol. The molecule has 0 spiro atoms. The van der Waals surface area contributed by atoms with Crippen molar-refractivity contribution in [3.63, 3.8) is 0 Å². The van der Waals surface area contributed by atoms with Crippen molar-refractivity contribution in [1.82, 2.24) is 9.78 Å². The maximum atomic E-state index is 12.4. The standard InChI is InChI=1S/C13H14N4OS/c1-7-10-13(16(2)15-7)17-5-3-9-8(4-6-19-9)11(17)12(18)14-10/h4,6,11H,3,5H2,1-2H3,(H,14,18). The molecule has 2 aliphatic rings. The van der Waals surface area contributed by atoms with Crippen molar-refractivity contribution in [2.45, 2.75) is 19.4 Å². The lowest BCUT2D eigenvalue weighted by atomic mass is 9.97. The number of hydrogen-bond acceptors (Lipinski definition) is 4. The monoisotopic (exact) mass is 274 g/mol. The van der Waals surface area contributed by atoms with Crippen LogP contribution < -0.4 is 10.2 Å². The number of anilines is 2. The summed E-state index contributed by atoms with van der Waals surface area (Å²) in [5, 5.41) is 9.52. The molecule has 0 bridgehead atoms. The van der Waals surface area contributed by atoms with E-state index in [1.54, 1.807) is 11.3 Å². The molecule has 1 N–H and O–H groups in total. The molecule has 1 unspecified atom stereocenters. The van der Waals surface area contributed by atoms with Crippen LogP contribution in [0.5, 0.6) is 0 Å². The van der Waals surface area contributed by atoms with Crippen LogP contribution in [0.3, 0.4) is 0 Å². The van der Waals surface area contributed by atoms with Crippen LogP contribution in [0.4, 0.5) is 11.5 Å². The Labute approximate surface area is 114 Å². The van der Waals surface area contributed by atoms with Gasteiger partial charge in [0.05, 0.1) is 5.69 Å². The zero-order chi connectivity index (χ0) is 13.1. The van der Waals surface area contributed by atoms with Crippen LogP contribution in [0.25, 0.3) is 0 Å². The molecule has 2 aliphatic heterocycles. The highest BCUT2D eigenvalue weighted by Gasteiger charge is 2.41. The Morgan fingerprint density at radius 1 is 1.53 bits per heavy atom. The Bertz CT molecular complexity index is 687. The average Bonchev–Trinajstić information content (AvgIpc) is 2.94. The quantitative estimate of drug-likeness (QED) is 0.797. The molecule has 0 fully saturated rings. The van der Waals surface area contributed by atoms with E-state index >= 15 is 0 Å². The number of rotatable bonds is 0. The summed E-state index contributed by atoms with van der Waals surface area (Å²) in [4.78, 5) is 15.9. The normalized spacial score (nSPS) is 20.6. The zero-order valence-corrected chi connectivity index (χ0v) is 11.6. The largest absolute Gasteiger partial charge is 0.339 e. The van der Waals surface area contributed by atoms with E-state index in [1.807, 2.05) is 18.7 Å². The first-order valence-corrected chi connectivity index (χ1v) is 7.22. The number of thiophene rings is 1. The highest BCUT2D eigenvalue weighted by molar-refractivity contribution is 7.10. The lowest BCUT2D eigenvalue weighted by Crippen LogP contribution is -2.45. The fraction of sp³-hybridized carbons (Fsp3) is 0.385. The lowest BCUT2D eigenvalue weighted by molar-refractivity contribution is -0.118. The van der Waals surface area contributed by atoms with Crippen molar-refractivity contribution in [1.29, 1.82) is 0 Å². The van der Waals surface area contributed by atoms with Gasteiger partial charge in [-0.15, -0.1) is 11.3 Å². The van der Waals surface area contributed by atoms with Gasteiger partial charge in [-0.2, -0.15) is 5.10 Å². The fourth-order valence-corrected chi connectivity index (χ4v) is 4.04.